The Labute approximate surface area is 159 Å². The van der Waals surface area contributed by atoms with Crippen LogP contribution in [0.2, 0.25) is 0 Å². The minimum Gasteiger partial charge on any atom is -0.351 e. The van der Waals surface area contributed by atoms with E-state index >= 15 is 0 Å². The molecule has 0 aliphatic carbocycles. The standard InChI is InChI=1S/C17H21N3OS.2ClH/c21-16(19-10-8-13-5-4-9-18-11-13)15-12-22-17(20-15)14-6-2-1-3-7-14;;/h1-3,6-7,12-13,18H,4-5,8-11H2,(H,19,21);2*1H. The zero-order valence-electron chi connectivity index (χ0n) is 13.4. The first kappa shape index (κ1) is 20.9. The third-order valence-electron chi connectivity index (χ3n) is 3.99. The van der Waals surface area contributed by atoms with Crippen molar-refractivity contribution in [2.75, 3.05) is 19.6 Å². The highest BCUT2D eigenvalue weighted by Gasteiger charge is 2.14. The maximum atomic E-state index is 12.1. The van der Waals surface area contributed by atoms with Gasteiger partial charge < -0.3 is 10.6 Å². The number of halogens is 2. The van der Waals surface area contributed by atoms with Crippen LogP contribution in [0.4, 0.5) is 0 Å². The molecule has 1 saturated heterocycles. The molecule has 1 atom stereocenters. The van der Waals surface area contributed by atoms with Crippen molar-refractivity contribution in [3.63, 3.8) is 0 Å². The molecule has 1 aliphatic rings. The van der Waals surface area contributed by atoms with Gasteiger partial charge in [0.05, 0.1) is 0 Å². The van der Waals surface area contributed by atoms with Gasteiger partial charge in [0.1, 0.15) is 10.7 Å². The van der Waals surface area contributed by atoms with Gasteiger partial charge in [-0.25, -0.2) is 4.98 Å². The molecular weight excluding hydrogens is 365 g/mol. The molecule has 2 aromatic rings. The zero-order chi connectivity index (χ0) is 15.2. The van der Waals surface area contributed by atoms with Gasteiger partial charge in [-0.05, 0) is 38.3 Å². The smallest absolute Gasteiger partial charge is 0.270 e. The van der Waals surface area contributed by atoms with E-state index in [1.807, 2.05) is 35.7 Å². The molecule has 24 heavy (non-hydrogen) atoms. The molecule has 1 unspecified atom stereocenters. The summed E-state index contributed by atoms with van der Waals surface area (Å²) in [6, 6.07) is 9.96. The lowest BCUT2D eigenvalue weighted by Crippen LogP contribution is -2.33. The number of benzene rings is 1. The normalized spacial score (nSPS) is 16.6. The second-order valence-corrected chi connectivity index (χ2v) is 6.52. The predicted molar refractivity (Wildman–Crippen MR) is 105 cm³/mol. The molecule has 0 spiro atoms. The summed E-state index contributed by atoms with van der Waals surface area (Å²) in [7, 11) is 0. The van der Waals surface area contributed by atoms with Crippen LogP contribution in [0.5, 0.6) is 0 Å². The van der Waals surface area contributed by atoms with Crippen molar-refractivity contribution in [1.82, 2.24) is 15.6 Å². The number of thiazole rings is 1. The summed E-state index contributed by atoms with van der Waals surface area (Å²) in [6.07, 6.45) is 3.54. The van der Waals surface area contributed by atoms with Gasteiger partial charge in [0.15, 0.2) is 0 Å². The molecule has 1 aromatic carbocycles. The number of nitrogens with one attached hydrogen (secondary N) is 2. The molecule has 0 saturated carbocycles. The number of aromatic nitrogens is 1. The molecule has 1 aromatic heterocycles. The summed E-state index contributed by atoms with van der Waals surface area (Å²) in [4.78, 5) is 16.6. The van der Waals surface area contributed by atoms with E-state index in [1.165, 1.54) is 24.2 Å². The van der Waals surface area contributed by atoms with E-state index in [2.05, 4.69) is 15.6 Å². The summed E-state index contributed by atoms with van der Waals surface area (Å²) >= 11 is 1.51. The fourth-order valence-electron chi connectivity index (χ4n) is 2.74. The van der Waals surface area contributed by atoms with Gasteiger partial charge in [0.2, 0.25) is 0 Å². The maximum absolute atomic E-state index is 12.1. The van der Waals surface area contributed by atoms with E-state index < -0.39 is 0 Å². The van der Waals surface area contributed by atoms with Crippen LogP contribution in [0.25, 0.3) is 10.6 Å². The Bertz CT molecular complexity index is 615. The first-order chi connectivity index (χ1) is 10.8. The Hall–Kier alpha value is -1.14. The van der Waals surface area contributed by atoms with Crippen molar-refractivity contribution in [2.45, 2.75) is 19.3 Å². The van der Waals surface area contributed by atoms with Crippen LogP contribution in [0.1, 0.15) is 29.8 Å². The molecule has 2 heterocycles. The third-order valence-corrected chi connectivity index (χ3v) is 4.89. The molecule has 7 heteroatoms. The number of piperidine rings is 1. The first-order valence-corrected chi connectivity index (χ1v) is 8.71. The van der Waals surface area contributed by atoms with Crippen LogP contribution in [-0.4, -0.2) is 30.5 Å². The van der Waals surface area contributed by atoms with Crippen LogP contribution < -0.4 is 10.6 Å². The third kappa shape index (κ3) is 5.74. The molecule has 1 fully saturated rings. The minimum atomic E-state index is -0.0674. The summed E-state index contributed by atoms with van der Waals surface area (Å²) in [5, 5.41) is 9.12. The summed E-state index contributed by atoms with van der Waals surface area (Å²) in [6.45, 7) is 2.93. The second-order valence-electron chi connectivity index (χ2n) is 5.66. The molecule has 0 bridgehead atoms. The highest BCUT2D eigenvalue weighted by molar-refractivity contribution is 7.13. The minimum absolute atomic E-state index is 0. The molecule has 1 aliphatic heterocycles. The largest absolute Gasteiger partial charge is 0.351 e. The Morgan fingerprint density at radius 2 is 2.08 bits per heavy atom. The van der Waals surface area contributed by atoms with E-state index in [0.29, 0.717) is 11.6 Å². The van der Waals surface area contributed by atoms with Gasteiger partial charge in [0, 0.05) is 17.5 Å². The number of hydrogen-bond donors (Lipinski definition) is 2. The van der Waals surface area contributed by atoms with Crippen LogP contribution >= 0.6 is 36.2 Å². The van der Waals surface area contributed by atoms with Crippen molar-refractivity contribution in [2.24, 2.45) is 5.92 Å². The molecule has 3 rings (SSSR count). The molecule has 4 nitrogen and oxygen atoms in total. The van der Waals surface area contributed by atoms with Gasteiger partial charge in [0.25, 0.3) is 5.91 Å². The monoisotopic (exact) mass is 387 g/mol. The fraction of sp³-hybridized carbons (Fsp3) is 0.412. The summed E-state index contributed by atoms with van der Waals surface area (Å²) < 4.78 is 0. The average Bonchev–Trinajstić information content (AvgIpc) is 3.07. The lowest BCUT2D eigenvalue weighted by atomic mass is 9.96. The van der Waals surface area contributed by atoms with Gasteiger partial charge >= 0.3 is 0 Å². The van der Waals surface area contributed by atoms with Gasteiger partial charge in [-0.1, -0.05) is 30.3 Å². The molecule has 0 radical (unpaired) electrons. The van der Waals surface area contributed by atoms with Crippen molar-refractivity contribution >= 4 is 42.1 Å². The average molecular weight is 388 g/mol. The van der Waals surface area contributed by atoms with Crippen LogP contribution in [0.15, 0.2) is 35.7 Å². The Balaban J connectivity index is 0.00000144. The first-order valence-electron chi connectivity index (χ1n) is 7.83. The SMILES string of the molecule is Cl.Cl.O=C(NCCC1CCCNC1)c1csc(-c2ccccc2)n1. The van der Waals surface area contributed by atoms with Gasteiger partial charge in [-0.2, -0.15) is 0 Å². The van der Waals surface area contributed by atoms with E-state index in [4.69, 9.17) is 0 Å². The second kappa shape index (κ2) is 10.7. The Morgan fingerprint density at radius 1 is 1.29 bits per heavy atom. The van der Waals surface area contributed by atoms with Crippen molar-refractivity contribution < 1.29 is 4.79 Å². The number of amides is 1. The van der Waals surface area contributed by atoms with E-state index in [0.717, 1.165) is 36.6 Å². The number of hydrogen-bond acceptors (Lipinski definition) is 4. The van der Waals surface area contributed by atoms with E-state index in [-0.39, 0.29) is 30.7 Å². The van der Waals surface area contributed by atoms with Crippen LogP contribution in [0, 0.1) is 5.92 Å². The fourth-order valence-corrected chi connectivity index (χ4v) is 3.55. The zero-order valence-corrected chi connectivity index (χ0v) is 15.8. The van der Waals surface area contributed by atoms with Crippen LogP contribution in [0.3, 0.4) is 0 Å². The Morgan fingerprint density at radius 3 is 2.79 bits per heavy atom. The molecule has 1 amide bonds. The number of rotatable bonds is 5. The highest BCUT2D eigenvalue weighted by Crippen LogP contribution is 2.23. The summed E-state index contributed by atoms with van der Waals surface area (Å²) in [5.74, 6) is 0.617. The highest BCUT2D eigenvalue weighted by atomic mass is 35.5. The van der Waals surface area contributed by atoms with Gasteiger partial charge in [-0.15, -0.1) is 36.2 Å². The lowest BCUT2D eigenvalue weighted by molar-refractivity contribution is 0.0946. The van der Waals surface area contributed by atoms with E-state index in [9.17, 15) is 4.79 Å². The van der Waals surface area contributed by atoms with Gasteiger partial charge in [-0.3, -0.25) is 4.79 Å². The molecule has 2 N–H and O–H groups in total. The number of nitrogens with zero attached hydrogens (tertiary/aromatic N) is 1. The summed E-state index contributed by atoms with van der Waals surface area (Å²) in [5.41, 5.74) is 1.57. The number of carbonyl (C=O) groups excluding carboxylic acids is 1. The predicted octanol–water partition coefficient (Wildman–Crippen LogP) is 3.77. The number of carbonyl (C=O) groups is 1. The quantitative estimate of drug-likeness (QED) is 0.820. The van der Waals surface area contributed by atoms with Crippen LogP contribution in [-0.2, 0) is 0 Å². The maximum Gasteiger partial charge on any atom is 0.270 e. The van der Waals surface area contributed by atoms with Crippen molar-refractivity contribution in [3.05, 3.63) is 41.4 Å². The lowest BCUT2D eigenvalue weighted by Gasteiger charge is -2.22. The van der Waals surface area contributed by atoms with E-state index in [1.54, 1.807) is 0 Å². The van der Waals surface area contributed by atoms with Crippen molar-refractivity contribution in [1.29, 1.82) is 0 Å². The molecule has 132 valence electrons. The topological polar surface area (TPSA) is 54.0 Å². The van der Waals surface area contributed by atoms with Crippen molar-refractivity contribution in [3.8, 4) is 10.6 Å². The Kier molecular flexibility index (Phi) is 9.29. The molecular formula is C17H23Cl2N3OS.